The molecule has 3 aromatic rings. The number of benzene rings is 3. The molecule has 0 bridgehead atoms. The number of fused-ring (bicyclic) bond motifs is 1. The van der Waals surface area contributed by atoms with Crippen LogP contribution in [0.15, 0.2) is 61.2 Å². The summed E-state index contributed by atoms with van der Waals surface area (Å²) in [5, 5.41) is 0.933. The van der Waals surface area contributed by atoms with Gasteiger partial charge in [-0.05, 0) is 90.6 Å². The van der Waals surface area contributed by atoms with E-state index in [2.05, 4.69) is 37.8 Å². The predicted octanol–water partition coefficient (Wildman–Crippen LogP) is 9.32. The van der Waals surface area contributed by atoms with Gasteiger partial charge < -0.3 is 4.74 Å². The van der Waals surface area contributed by atoms with E-state index < -0.39 is 11.6 Å². The summed E-state index contributed by atoms with van der Waals surface area (Å²) in [4.78, 5) is 0. The predicted molar refractivity (Wildman–Crippen MR) is 142 cm³/mol. The number of halogens is 2. The van der Waals surface area contributed by atoms with Crippen molar-refractivity contribution in [1.29, 1.82) is 0 Å². The molecule has 3 heteroatoms. The summed E-state index contributed by atoms with van der Waals surface area (Å²) in [6, 6.07) is 15.7. The second-order valence-corrected chi connectivity index (χ2v) is 10.1. The smallest absolute Gasteiger partial charge is 0.167 e. The molecule has 1 saturated carbocycles. The first kappa shape index (κ1) is 25.4. The average molecular weight is 477 g/mol. The number of rotatable bonds is 11. The van der Waals surface area contributed by atoms with E-state index in [-0.39, 0.29) is 5.39 Å². The molecule has 3 aromatic carbocycles. The fourth-order valence-corrected chi connectivity index (χ4v) is 5.49. The van der Waals surface area contributed by atoms with Crippen molar-refractivity contribution in [1.82, 2.24) is 0 Å². The van der Waals surface area contributed by atoms with Crippen LogP contribution in [0.1, 0.15) is 80.9 Å². The number of ether oxygens (including phenoxy) is 1. The standard InChI is InChI=1S/C32H38F2O/c1-3-5-6-7-23-8-13-25(14-9-23)26-15-10-24(11-16-26)12-17-28-21-27-18-19-29(35-20-4-2)22-30(27)32(34)31(28)33/h4,10-11,15-16,18-19,21-23,25H,2-3,5-9,12-14,17,20H2,1H3. The SMILES string of the molecule is C=CCOc1ccc2cc(CCc3ccc(C4CCC(CCCCC)CC4)cc3)c(F)c(F)c2c1. The van der Waals surface area contributed by atoms with Crippen LogP contribution in [-0.2, 0) is 12.8 Å². The van der Waals surface area contributed by atoms with E-state index in [0.717, 1.165) is 11.5 Å². The largest absolute Gasteiger partial charge is 0.490 e. The Kier molecular flexibility index (Phi) is 8.95. The highest BCUT2D eigenvalue weighted by atomic mass is 19.2. The minimum absolute atomic E-state index is 0.247. The Morgan fingerprint density at radius 1 is 0.914 bits per heavy atom. The summed E-state index contributed by atoms with van der Waals surface area (Å²) < 4.78 is 35.1. The zero-order chi connectivity index (χ0) is 24.6. The van der Waals surface area contributed by atoms with Gasteiger partial charge in [-0.3, -0.25) is 0 Å². The van der Waals surface area contributed by atoms with Gasteiger partial charge in [-0.25, -0.2) is 8.78 Å². The van der Waals surface area contributed by atoms with Crippen LogP contribution in [0.5, 0.6) is 5.75 Å². The number of unbranched alkanes of at least 4 members (excludes halogenated alkanes) is 2. The van der Waals surface area contributed by atoms with Crippen LogP contribution < -0.4 is 4.74 Å². The third kappa shape index (κ3) is 6.51. The molecule has 186 valence electrons. The van der Waals surface area contributed by atoms with Crippen molar-refractivity contribution < 1.29 is 13.5 Å². The number of hydrogen-bond acceptors (Lipinski definition) is 1. The number of aryl methyl sites for hydroxylation is 2. The lowest BCUT2D eigenvalue weighted by Gasteiger charge is -2.29. The minimum atomic E-state index is -0.804. The monoisotopic (exact) mass is 476 g/mol. The maximum atomic E-state index is 14.8. The summed E-state index contributed by atoms with van der Waals surface area (Å²) in [6.07, 6.45) is 13.5. The molecule has 1 nitrogen and oxygen atoms in total. The summed E-state index contributed by atoms with van der Waals surface area (Å²) in [6.45, 7) is 6.21. The lowest BCUT2D eigenvalue weighted by atomic mass is 9.77. The normalized spacial score (nSPS) is 18.0. The molecule has 0 N–H and O–H groups in total. The lowest BCUT2D eigenvalue weighted by molar-refractivity contribution is 0.303. The Labute approximate surface area is 209 Å². The quantitative estimate of drug-likeness (QED) is 0.198. The van der Waals surface area contributed by atoms with Gasteiger partial charge in [0, 0.05) is 5.39 Å². The Morgan fingerprint density at radius 3 is 2.40 bits per heavy atom. The molecule has 0 amide bonds. The molecule has 1 fully saturated rings. The summed E-state index contributed by atoms with van der Waals surface area (Å²) in [5.41, 5.74) is 3.01. The molecule has 0 radical (unpaired) electrons. The molecular formula is C32H38F2O. The molecule has 0 unspecified atom stereocenters. The molecular weight excluding hydrogens is 438 g/mol. The van der Waals surface area contributed by atoms with Crippen molar-refractivity contribution >= 4 is 10.8 Å². The summed E-state index contributed by atoms with van der Waals surface area (Å²) in [7, 11) is 0. The van der Waals surface area contributed by atoms with E-state index in [4.69, 9.17) is 4.74 Å². The van der Waals surface area contributed by atoms with Crippen LogP contribution in [-0.4, -0.2) is 6.61 Å². The Morgan fingerprint density at radius 2 is 1.69 bits per heavy atom. The first-order chi connectivity index (χ1) is 17.1. The second kappa shape index (κ2) is 12.3. The van der Waals surface area contributed by atoms with Crippen molar-refractivity contribution in [2.45, 2.75) is 77.0 Å². The van der Waals surface area contributed by atoms with E-state index in [1.165, 1.54) is 56.9 Å². The molecule has 0 saturated heterocycles. The van der Waals surface area contributed by atoms with E-state index in [1.54, 1.807) is 30.3 Å². The first-order valence-electron chi connectivity index (χ1n) is 13.3. The van der Waals surface area contributed by atoms with Gasteiger partial charge in [-0.1, -0.05) is 75.6 Å². The molecule has 0 aromatic heterocycles. The second-order valence-electron chi connectivity index (χ2n) is 10.1. The Hall–Kier alpha value is -2.68. The van der Waals surface area contributed by atoms with E-state index >= 15 is 0 Å². The maximum absolute atomic E-state index is 14.8. The Balaban J connectivity index is 1.35. The average Bonchev–Trinajstić information content (AvgIpc) is 2.90. The lowest BCUT2D eigenvalue weighted by Crippen LogP contribution is -2.13. The fourth-order valence-electron chi connectivity index (χ4n) is 5.49. The third-order valence-electron chi connectivity index (χ3n) is 7.63. The minimum Gasteiger partial charge on any atom is -0.490 e. The molecule has 0 spiro atoms. The van der Waals surface area contributed by atoms with Crippen molar-refractivity contribution in [3.63, 3.8) is 0 Å². The van der Waals surface area contributed by atoms with Crippen molar-refractivity contribution in [2.24, 2.45) is 5.92 Å². The van der Waals surface area contributed by atoms with Gasteiger partial charge in [0.1, 0.15) is 12.4 Å². The van der Waals surface area contributed by atoms with Crippen LogP contribution in [0.2, 0.25) is 0 Å². The molecule has 1 aliphatic carbocycles. The van der Waals surface area contributed by atoms with Gasteiger partial charge in [0.25, 0.3) is 0 Å². The first-order valence-corrected chi connectivity index (χ1v) is 13.3. The van der Waals surface area contributed by atoms with Crippen molar-refractivity contribution in [3.05, 3.63) is 89.5 Å². The zero-order valence-corrected chi connectivity index (χ0v) is 21.0. The van der Waals surface area contributed by atoms with Gasteiger partial charge >= 0.3 is 0 Å². The van der Waals surface area contributed by atoms with Crippen LogP contribution in [0.4, 0.5) is 8.78 Å². The molecule has 0 aliphatic heterocycles. The molecule has 35 heavy (non-hydrogen) atoms. The van der Waals surface area contributed by atoms with Gasteiger partial charge in [0.2, 0.25) is 0 Å². The van der Waals surface area contributed by atoms with Crippen LogP contribution >= 0.6 is 0 Å². The van der Waals surface area contributed by atoms with E-state index in [9.17, 15) is 8.78 Å². The maximum Gasteiger partial charge on any atom is 0.167 e. The molecule has 1 aliphatic rings. The van der Waals surface area contributed by atoms with Gasteiger partial charge in [-0.15, -0.1) is 0 Å². The van der Waals surface area contributed by atoms with Crippen LogP contribution in [0.25, 0.3) is 10.8 Å². The Bertz CT molecular complexity index is 1110. The highest BCUT2D eigenvalue weighted by Gasteiger charge is 2.22. The number of hydrogen-bond donors (Lipinski definition) is 0. The summed E-state index contributed by atoms with van der Waals surface area (Å²) >= 11 is 0. The van der Waals surface area contributed by atoms with Gasteiger partial charge in [0.15, 0.2) is 11.6 Å². The van der Waals surface area contributed by atoms with Gasteiger partial charge in [-0.2, -0.15) is 0 Å². The van der Waals surface area contributed by atoms with Crippen LogP contribution in [0.3, 0.4) is 0 Å². The highest BCUT2D eigenvalue weighted by Crippen LogP contribution is 2.38. The van der Waals surface area contributed by atoms with Crippen LogP contribution in [0, 0.1) is 17.6 Å². The highest BCUT2D eigenvalue weighted by molar-refractivity contribution is 5.85. The van der Waals surface area contributed by atoms with Gasteiger partial charge in [0.05, 0.1) is 0 Å². The molecule has 4 rings (SSSR count). The summed E-state index contributed by atoms with van der Waals surface area (Å²) in [5.74, 6) is 0.529. The van der Waals surface area contributed by atoms with Crippen molar-refractivity contribution in [2.75, 3.05) is 6.61 Å². The zero-order valence-electron chi connectivity index (χ0n) is 21.0. The van der Waals surface area contributed by atoms with E-state index in [0.29, 0.717) is 42.1 Å². The molecule has 0 heterocycles. The van der Waals surface area contributed by atoms with Crippen molar-refractivity contribution in [3.8, 4) is 5.75 Å². The van der Waals surface area contributed by atoms with E-state index in [1.807, 2.05) is 0 Å². The third-order valence-corrected chi connectivity index (χ3v) is 7.63. The fraction of sp³-hybridized carbons (Fsp3) is 0.438. The topological polar surface area (TPSA) is 9.23 Å². The molecule has 0 atom stereocenters.